The summed E-state index contributed by atoms with van der Waals surface area (Å²) in [7, 11) is 0. The largest absolute Gasteiger partial charge is 0.334 e. The average molecular weight is 251 g/mol. The lowest BCUT2D eigenvalue weighted by molar-refractivity contribution is 0.0704. The van der Waals surface area contributed by atoms with Crippen molar-refractivity contribution in [2.24, 2.45) is 0 Å². The number of hydrogen-bond donors (Lipinski definition) is 1. The topological polar surface area (TPSA) is 45.2 Å². The predicted molar refractivity (Wildman–Crippen MR) is 67.5 cm³/mol. The number of piperazine rings is 1. The zero-order chi connectivity index (χ0) is 11.8. The minimum atomic E-state index is 0.0986. The van der Waals surface area contributed by atoms with E-state index in [0.29, 0.717) is 17.7 Å². The van der Waals surface area contributed by atoms with Gasteiger partial charge in [-0.05, 0) is 19.8 Å². The average Bonchev–Trinajstić information content (AvgIpc) is 3.07. The third kappa shape index (κ3) is 2.35. The van der Waals surface area contributed by atoms with Crippen LogP contribution in [0.1, 0.15) is 41.2 Å². The Bertz CT molecular complexity index is 427. The molecule has 1 aromatic rings. The molecule has 1 atom stereocenters. The van der Waals surface area contributed by atoms with Crippen molar-refractivity contribution in [3.8, 4) is 0 Å². The van der Waals surface area contributed by atoms with Gasteiger partial charge in [-0.15, -0.1) is 11.3 Å². The molecule has 92 valence electrons. The molecule has 2 fully saturated rings. The van der Waals surface area contributed by atoms with E-state index in [9.17, 15) is 4.79 Å². The third-order valence-electron chi connectivity index (χ3n) is 3.32. The van der Waals surface area contributed by atoms with Gasteiger partial charge in [-0.25, -0.2) is 4.98 Å². The van der Waals surface area contributed by atoms with Crippen LogP contribution in [0.5, 0.6) is 0 Å². The predicted octanol–water partition coefficient (Wildman–Crippen LogP) is 1.45. The molecule has 2 heterocycles. The van der Waals surface area contributed by atoms with E-state index >= 15 is 0 Å². The summed E-state index contributed by atoms with van der Waals surface area (Å²) in [6.07, 6.45) is 2.48. The van der Waals surface area contributed by atoms with E-state index in [4.69, 9.17) is 0 Å². The van der Waals surface area contributed by atoms with E-state index in [-0.39, 0.29) is 5.91 Å². The Balaban J connectivity index is 1.71. The van der Waals surface area contributed by atoms with Gasteiger partial charge in [-0.2, -0.15) is 0 Å². The molecule has 1 unspecified atom stereocenters. The number of hydrogen-bond acceptors (Lipinski definition) is 4. The van der Waals surface area contributed by atoms with E-state index in [1.165, 1.54) is 12.8 Å². The zero-order valence-electron chi connectivity index (χ0n) is 9.98. The van der Waals surface area contributed by atoms with Crippen LogP contribution in [0.25, 0.3) is 0 Å². The summed E-state index contributed by atoms with van der Waals surface area (Å²) in [5.41, 5.74) is 0.644. The van der Waals surface area contributed by atoms with Gasteiger partial charge in [0, 0.05) is 37.0 Å². The Morgan fingerprint density at radius 2 is 2.41 bits per heavy atom. The van der Waals surface area contributed by atoms with Gasteiger partial charge in [-0.3, -0.25) is 4.79 Å². The Labute approximate surface area is 105 Å². The Morgan fingerprint density at radius 3 is 3.12 bits per heavy atom. The molecule has 0 aromatic carbocycles. The van der Waals surface area contributed by atoms with E-state index in [2.05, 4.69) is 17.2 Å². The standard InChI is InChI=1S/C12H17N3OS/c1-8-6-15(5-4-13-8)12(16)10-7-17-11(14-10)9-2-3-9/h7-9,13H,2-6H2,1H3. The first kappa shape index (κ1) is 11.2. The van der Waals surface area contributed by atoms with E-state index in [1.807, 2.05) is 10.3 Å². The maximum absolute atomic E-state index is 12.2. The highest BCUT2D eigenvalue weighted by molar-refractivity contribution is 7.10. The first-order chi connectivity index (χ1) is 8.24. The number of nitrogens with one attached hydrogen (secondary N) is 1. The Morgan fingerprint density at radius 1 is 1.59 bits per heavy atom. The van der Waals surface area contributed by atoms with Crippen LogP contribution in [0.3, 0.4) is 0 Å². The van der Waals surface area contributed by atoms with Crippen molar-refractivity contribution in [3.63, 3.8) is 0 Å². The molecule has 5 heteroatoms. The summed E-state index contributed by atoms with van der Waals surface area (Å²) >= 11 is 1.64. The summed E-state index contributed by atoms with van der Waals surface area (Å²) in [5, 5.41) is 6.41. The molecule has 1 aliphatic carbocycles. The van der Waals surface area contributed by atoms with Crippen LogP contribution in [0, 0.1) is 0 Å². The molecule has 0 bridgehead atoms. The molecule has 2 aliphatic rings. The molecular weight excluding hydrogens is 234 g/mol. The van der Waals surface area contributed by atoms with Crippen LogP contribution in [0.2, 0.25) is 0 Å². The van der Waals surface area contributed by atoms with Crippen molar-refractivity contribution < 1.29 is 4.79 Å². The summed E-state index contributed by atoms with van der Waals surface area (Å²) < 4.78 is 0. The highest BCUT2D eigenvalue weighted by Gasteiger charge is 2.29. The zero-order valence-corrected chi connectivity index (χ0v) is 10.8. The molecule has 1 N–H and O–H groups in total. The van der Waals surface area contributed by atoms with Crippen LogP contribution in [-0.4, -0.2) is 41.5 Å². The van der Waals surface area contributed by atoms with E-state index < -0.39 is 0 Å². The molecule has 1 aliphatic heterocycles. The van der Waals surface area contributed by atoms with Crippen molar-refractivity contribution in [3.05, 3.63) is 16.1 Å². The smallest absolute Gasteiger partial charge is 0.273 e. The fourth-order valence-electron chi connectivity index (χ4n) is 2.18. The van der Waals surface area contributed by atoms with Crippen molar-refractivity contribution >= 4 is 17.2 Å². The van der Waals surface area contributed by atoms with Crippen LogP contribution in [0.15, 0.2) is 5.38 Å². The minimum absolute atomic E-state index is 0.0986. The van der Waals surface area contributed by atoms with Gasteiger partial charge >= 0.3 is 0 Å². The first-order valence-corrected chi connectivity index (χ1v) is 7.10. The van der Waals surface area contributed by atoms with Crippen LogP contribution in [-0.2, 0) is 0 Å². The number of aromatic nitrogens is 1. The van der Waals surface area contributed by atoms with Gasteiger partial charge in [-0.1, -0.05) is 0 Å². The maximum atomic E-state index is 12.2. The van der Waals surface area contributed by atoms with Gasteiger partial charge in [0.05, 0.1) is 5.01 Å². The van der Waals surface area contributed by atoms with Crippen molar-refractivity contribution in [2.75, 3.05) is 19.6 Å². The number of thiazole rings is 1. The first-order valence-electron chi connectivity index (χ1n) is 6.22. The fraction of sp³-hybridized carbons (Fsp3) is 0.667. The molecule has 1 saturated carbocycles. The summed E-state index contributed by atoms with van der Waals surface area (Å²) in [6.45, 7) is 4.57. The molecule has 1 aromatic heterocycles. The summed E-state index contributed by atoms with van der Waals surface area (Å²) in [4.78, 5) is 18.6. The molecule has 0 spiro atoms. The van der Waals surface area contributed by atoms with Crippen LogP contribution in [0.4, 0.5) is 0 Å². The van der Waals surface area contributed by atoms with E-state index in [0.717, 1.165) is 24.6 Å². The number of amides is 1. The molecule has 17 heavy (non-hydrogen) atoms. The SMILES string of the molecule is CC1CN(C(=O)c2csc(C3CC3)n2)CCN1. The molecule has 3 rings (SSSR count). The fourth-order valence-corrected chi connectivity index (χ4v) is 3.15. The number of rotatable bonds is 2. The van der Waals surface area contributed by atoms with Crippen molar-refractivity contribution in [2.45, 2.75) is 31.7 Å². The normalized spacial score (nSPS) is 25.0. The Kier molecular flexibility index (Phi) is 2.88. The summed E-state index contributed by atoms with van der Waals surface area (Å²) in [6, 6.07) is 0.384. The van der Waals surface area contributed by atoms with E-state index in [1.54, 1.807) is 11.3 Å². The molecule has 4 nitrogen and oxygen atoms in total. The lowest BCUT2D eigenvalue weighted by Crippen LogP contribution is -2.51. The highest BCUT2D eigenvalue weighted by atomic mass is 32.1. The third-order valence-corrected chi connectivity index (χ3v) is 4.33. The van der Waals surface area contributed by atoms with Crippen LogP contribution < -0.4 is 5.32 Å². The highest BCUT2D eigenvalue weighted by Crippen LogP contribution is 2.41. The molecule has 1 amide bonds. The van der Waals surface area contributed by atoms with Gasteiger partial charge in [0.2, 0.25) is 0 Å². The van der Waals surface area contributed by atoms with Gasteiger partial charge < -0.3 is 10.2 Å². The second-order valence-electron chi connectivity index (χ2n) is 4.95. The van der Waals surface area contributed by atoms with Gasteiger partial charge in [0.1, 0.15) is 5.69 Å². The number of carbonyl (C=O) groups is 1. The second-order valence-corrected chi connectivity index (χ2v) is 5.84. The Hall–Kier alpha value is -0.940. The van der Waals surface area contributed by atoms with Crippen LogP contribution >= 0.6 is 11.3 Å². The van der Waals surface area contributed by atoms with Gasteiger partial charge in [0.15, 0.2) is 0 Å². The second kappa shape index (κ2) is 4.38. The molecular formula is C12H17N3OS. The maximum Gasteiger partial charge on any atom is 0.273 e. The molecule has 0 radical (unpaired) electrons. The number of carbonyl (C=O) groups excluding carboxylic acids is 1. The molecule has 1 saturated heterocycles. The lowest BCUT2D eigenvalue weighted by atomic mass is 10.2. The van der Waals surface area contributed by atoms with Gasteiger partial charge in [0.25, 0.3) is 5.91 Å². The quantitative estimate of drug-likeness (QED) is 0.865. The van der Waals surface area contributed by atoms with Crippen molar-refractivity contribution in [1.82, 2.24) is 15.2 Å². The minimum Gasteiger partial charge on any atom is -0.334 e. The summed E-state index contributed by atoms with van der Waals surface area (Å²) in [5.74, 6) is 0.741. The lowest BCUT2D eigenvalue weighted by Gasteiger charge is -2.31. The number of nitrogens with zero attached hydrogens (tertiary/aromatic N) is 2. The monoisotopic (exact) mass is 251 g/mol. The van der Waals surface area contributed by atoms with Crippen molar-refractivity contribution in [1.29, 1.82) is 0 Å².